The van der Waals surface area contributed by atoms with E-state index < -0.39 is 0 Å². The van der Waals surface area contributed by atoms with Crippen LogP contribution in [0.1, 0.15) is 0 Å². The Hall–Kier alpha value is -7.18. The van der Waals surface area contributed by atoms with E-state index in [0.717, 1.165) is 60.7 Å². The summed E-state index contributed by atoms with van der Waals surface area (Å²) in [4.78, 5) is 20.1. The van der Waals surface area contributed by atoms with Gasteiger partial charge in [-0.2, -0.15) is 0 Å². The molecule has 0 atom stereocenters. The van der Waals surface area contributed by atoms with Crippen LogP contribution < -0.4 is 0 Å². The minimum absolute atomic E-state index is 0.551. The highest BCUT2D eigenvalue weighted by Gasteiger charge is 2.20. The van der Waals surface area contributed by atoms with Gasteiger partial charge in [0.15, 0.2) is 23.1 Å². The zero-order chi connectivity index (χ0) is 34.2. The Balaban J connectivity index is 1.12. The van der Waals surface area contributed by atoms with Gasteiger partial charge in [0.2, 0.25) is 5.89 Å². The molecule has 0 saturated heterocycles. The predicted octanol–water partition coefficient (Wildman–Crippen LogP) is 12.0. The summed E-state index contributed by atoms with van der Waals surface area (Å²) in [6, 6.07) is 53.7. The second-order valence-corrected chi connectivity index (χ2v) is 13.0. The molecule has 0 aliphatic heterocycles. The van der Waals surface area contributed by atoms with Gasteiger partial charge in [-0.15, -0.1) is 0 Å². The van der Waals surface area contributed by atoms with Crippen molar-refractivity contribution in [3.05, 3.63) is 158 Å². The lowest BCUT2D eigenvalue weighted by Gasteiger charge is -2.12. The van der Waals surface area contributed by atoms with Crippen LogP contribution in [0.15, 0.2) is 167 Å². The highest BCUT2D eigenvalue weighted by molar-refractivity contribution is 6.25. The molecular formula is C46H26N4O2. The first-order valence-electron chi connectivity index (χ1n) is 17.2. The van der Waals surface area contributed by atoms with E-state index in [9.17, 15) is 0 Å². The first-order valence-corrected chi connectivity index (χ1v) is 17.2. The summed E-state index contributed by atoms with van der Waals surface area (Å²) < 4.78 is 12.5. The van der Waals surface area contributed by atoms with Gasteiger partial charge in [-0.1, -0.05) is 115 Å². The van der Waals surface area contributed by atoms with Crippen molar-refractivity contribution in [2.45, 2.75) is 0 Å². The van der Waals surface area contributed by atoms with E-state index in [1.165, 1.54) is 26.9 Å². The quantitative estimate of drug-likeness (QED) is 0.174. The molecule has 3 aromatic heterocycles. The standard InChI is InChI=1S/C46H26N4O2/c1-2-11-27(12-3-1)43-48-44(28-21-23-34-32-15-5-4-13-30(32)31-14-6-7-16-33(31)37(34)25-28)50-45(49-43)36-17-10-20-40-42(36)35-24-22-29(26-41(35)51-40)46-47-38-18-8-9-19-39(38)52-46/h1-26H. The molecule has 0 fully saturated rings. The van der Waals surface area contributed by atoms with E-state index in [4.69, 9.17) is 28.8 Å². The number of furan rings is 1. The Bertz CT molecular complexity index is 3130. The smallest absolute Gasteiger partial charge is 0.227 e. The molecule has 0 unspecified atom stereocenters. The molecule has 242 valence electrons. The fourth-order valence-electron chi connectivity index (χ4n) is 7.53. The molecule has 0 saturated carbocycles. The van der Waals surface area contributed by atoms with E-state index in [1.807, 2.05) is 78.9 Å². The van der Waals surface area contributed by atoms with Crippen LogP contribution in [0.3, 0.4) is 0 Å². The SMILES string of the molecule is c1ccc(-c2nc(-c3ccc4c5ccccc5c5ccccc5c4c3)nc(-c3cccc4oc5cc(-c6nc7ccccc7o6)ccc5c34)n2)cc1. The maximum absolute atomic E-state index is 6.46. The lowest BCUT2D eigenvalue weighted by atomic mass is 9.93. The summed E-state index contributed by atoms with van der Waals surface area (Å²) in [6.07, 6.45) is 0. The van der Waals surface area contributed by atoms with Crippen LogP contribution in [0.25, 0.3) is 111 Å². The molecular weight excluding hydrogens is 641 g/mol. The number of benzene rings is 8. The van der Waals surface area contributed by atoms with Crippen LogP contribution in [-0.2, 0) is 0 Å². The normalized spacial score (nSPS) is 11.8. The van der Waals surface area contributed by atoms with E-state index in [-0.39, 0.29) is 0 Å². The van der Waals surface area contributed by atoms with Crippen LogP contribution in [0, 0.1) is 0 Å². The van der Waals surface area contributed by atoms with Gasteiger partial charge in [0.1, 0.15) is 16.7 Å². The summed E-state index contributed by atoms with van der Waals surface area (Å²) in [5.74, 6) is 2.33. The number of aromatic nitrogens is 4. The second kappa shape index (κ2) is 11.2. The molecule has 0 bridgehead atoms. The third kappa shape index (κ3) is 4.44. The Morgan fingerprint density at radius 2 is 0.923 bits per heavy atom. The number of fused-ring (bicyclic) bond motifs is 10. The molecule has 0 radical (unpaired) electrons. The van der Waals surface area contributed by atoms with Crippen LogP contribution in [0.4, 0.5) is 0 Å². The minimum atomic E-state index is 0.551. The first-order chi connectivity index (χ1) is 25.7. The Labute approximate surface area is 296 Å². The summed E-state index contributed by atoms with van der Waals surface area (Å²) in [5.41, 5.74) is 6.58. The van der Waals surface area contributed by atoms with Crippen LogP contribution in [0.2, 0.25) is 0 Å². The maximum Gasteiger partial charge on any atom is 0.227 e. The Kier molecular flexibility index (Phi) is 6.15. The average Bonchev–Trinajstić information content (AvgIpc) is 3.83. The van der Waals surface area contributed by atoms with Crippen molar-refractivity contribution in [1.29, 1.82) is 0 Å². The van der Waals surface area contributed by atoms with Crippen LogP contribution in [-0.4, -0.2) is 19.9 Å². The fourth-order valence-corrected chi connectivity index (χ4v) is 7.53. The first kappa shape index (κ1) is 28.6. The predicted molar refractivity (Wildman–Crippen MR) is 209 cm³/mol. The zero-order valence-electron chi connectivity index (χ0n) is 27.6. The molecule has 52 heavy (non-hydrogen) atoms. The van der Waals surface area contributed by atoms with Gasteiger partial charge in [0.25, 0.3) is 0 Å². The maximum atomic E-state index is 6.46. The monoisotopic (exact) mass is 666 g/mol. The second-order valence-electron chi connectivity index (χ2n) is 13.0. The van der Waals surface area contributed by atoms with E-state index in [1.54, 1.807) is 0 Å². The summed E-state index contributed by atoms with van der Waals surface area (Å²) in [5, 5.41) is 9.14. The Morgan fingerprint density at radius 1 is 0.327 bits per heavy atom. The van der Waals surface area contributed by atoms with Gasteiger partial charge in [-0.3, -0.25) is 0 Å². The number of hydrogen-bond acceptors (Lipinski definition) is 6. The number of hydrogen-bond donors (Lipinski definition) is 0. The lowest BCUT2D eigenvalue weighted by molar-refractivity contribution is 0.619. The summed E-state index contributed by atoms with van der Waals surface area (Å²) >= 11 is 0. The number of rotatable bonds is 4. The largest absolute Gasteiger partial charge is 0.456 e. The summed E-state index contributed by atoms with van der Waals surface area (Å²) in [7, 11) is 0. The van der Waals surface area contributed by atoms with Gasteiger partial charge in [0.05, 0.1) is 0 Å². The van der Waals surface area contributed by atoms with Crippen LogP contribution in [0.5, 0.6) is 0 Å². The average molecular weight is 667 g/mol. The van der Waals surface area contributed by atoms with Gasteiger partial charge in [0, 0.05) is 33.0 Å². The highest BCUT2D eigenvalue weighted by Crippen LogP contribution is 2.40. The fraction of sp³-hybridized carbons (Fsp3) is 0. The third-order valence-corrected chi connectivity index (χ3v) is 9.95. The number of nitrogens with zero attached hydrogens (tertiary/aromatic N) is 4. The molecule has 11 aromatic rings. The van der Waals surface area contributed by atoms with Crippen molar-refractivity contribution in [2.75, 3.05) is 0 Å². The molecule has 0 N–H and O–H groups in total. The third-order valence-electron chi connectivity index (χ3n) is 9.95. The van der Waals surface area contributed by atoms with Crippen molar-refractivity contribution in [2.24, 2.45) is 0 Å². The van der Waals surface area contributed by atoms with Crippen molar-refractivity contribution in [1.82, 2.24) is 19.9 Å². The van der Waals surface area contributed by atoms with Gasteiger partial charge >= 0.3 is 0 Å². The molecule has 0 aliphatic rings. The lowest BCUT2D eigenvalue weighted by Crippen LogP contribution is -2.00. The molecule has 6 nitrogen and oxygen atoms in total. The molecule has 11 rings (SSSR count). The van der Waals surface area contributed by atoms with Gasteiger partial charge < -0.3 is 8.83 Å². The van der Waals surface area contributed by atoms with Crippen molar-refractivity contribution in [3.63, 3.8) is 0 Å². The van der Waals surface area contributed by atoms with Crippen molar-refractivity contribution >= 4 is 65.4 Å². The molecule has 0 amide bonds. The number of oxazole rings is 1. The molecule has 8 aromatic carbocycles. The van der Waals surface area contributed by atoms with Gasteiger partial charge in [-0.25, -0.2) is 19.9 Å². The van der Waals surface area contributed by atoms with Crippen molar-refractivity contribution < 1.29 is 8.83 Å². The van der Waals surface area contributed by atoms with Gasteiger partial charge in [-0.05, 0) is 74.8 Å². The van der Waals surface area contributed by atoms with E-state index in [2.05, 4.69) is 78.9 Å². The molecule has 6 heteroatoms. The summed E-state index contributed by atoms with van der Waals surface area (Å²) in [6.45, 7) is 0. The molecule has 0 spiro atoms. The topological polar surface area (TPSA) is 77.8 Å². The molecule has 0 aliphatic carbocycles. The van der Waals surface area contributed by atoms with Crippen LogP contribution >= 0.6 is 0 Å². The highest BCUT2D eigenvalue weighted by atomic mass is 16.3. The van der Waals surface area contributed by atoms with Crippen molar-refractivity contribution in [3.8, 4) is 45.6 Å². The number of para-hydroxylation sites is 2. The Morgan fingerprint density at radius 3 is 1.69 bits per heavy atom. The zero-order valence-corrected chi connectivity index (χ0v) is 27.6. The molecule has 3 heterocycles. The van der Waals surface area contributed by atoms with E-state index in [0.29, 0.717) is 23.4 Å². The minimum Gasteiger partial charge on any atom is -0.456 e. The van der Waals surface area contributed by atoms with E-state index >= 15 is 0 Å².